The Morgan fingerprint density at radius 3 is 3.22 bits per heavy atom. The van der Waals surface area contributed by atoms with E-state index in [1.807, 2.05) is 4.90 Å². The second kappa shape index (κ2) is 5.51. The Hall–Kier alpha value is -1.37. The first-order valence-electron chi connectivity index (χ1n) is 5.81. The van der Waals surface area contributed by atoms with Crippen LogP contribution < -0.4 is 10.5 Å². The summed E-state index contributed by atoms with van der Waals surface area (Å²) in [6.07, 6.45) is 2.94. The Morgan fingerprint density at radius 1 is 1.72 bits per heavy atom. The minimum Gasteiger partial charge on any atom is -0.464 e. The van der Waals surface area contributed by atoms with Crippen LogP contribution in [0.25, 0.3) is 0 Å². The van der Waals surface area contributed by atoms with Crippen LogP contribution in [0.3, 0.4) is 0 Å². The second-order valence-corrected chi connectivity index (χ2v) is 4.77. The average Bonchev–Trinajstić information content (AvgIpc) is 2.82. The molecule has 0 radical (unpaired) electrons. The molecule has 1 unspecified atom stereocenters. The van der Waals surface area contributed by atoms with Crippen molar-refractivity contribution < 1.29 is 9.53 Å². The van der Waals surface area contributed by atoms with E-state index in [4.69, 9.17) is 4.74 Å². The number of hydrogen-bond donors (Lipinski definition) is 1. The molecule has 0 aromatic carbocycles. The van der Waals surface area contributed by atoms with Crippen LogP contribution in [-0.4, -0.2) is 35.1 Å². The second-order valence-electron chi connectivity index (χ2n) is 3.97. The summed E-state index contributed by atoms with van der Waals surface area (Å²) in [4.78, 5) is 31.8. The van der Waals surface area contributed by atoms with Gasteiger partial charge in [0, 0.05) is 6.54 Å². The number of nitrogens with one attached hydrogen (secondary N) is 1. The van der Waals surface area contributed by atoms with Crippen molar-refractivity contribution in [3.63, 3.8) is 0 Å². The first kappa shape index (κ1) is 13.1. The van der Waals surface area contributed by atoms with E-state index in [0.29, 0.717) is 23.4 Å². The fraction of sp³-hybridized carbons (Fsp3) is 0.545. The third-order valence-corrected chi connectivity index (χ3v) is 3.58. The predicted octanol–water partition coefficient (Wildman–Crippen LogP) is 1.06. The molecule has 1 N–H and O–H groups in total. The van der Waals surface area contributed by atoms with Gasteiger partial charge in [0.1, 0.15) is 10.5 Å². The van der Waals surface area contributed by atoms with E-state index >= 15 is 0 Å². The molecule has 1 atom stereocenters. The lowest BCUT2D eigenvalue weighted by molar-refractivity contribution is -0.144. The van der Waals surface area contributed by atoms with Gasteiger partial charge in [0.15, 0.2) is 5.82 Å². The molecule has 0 saturated carbocycles. The van der Waals surface area contributed by atoms with E-state index in [9.17, 15) is 9.59 Å². The summed E-state index contributed by atoms with van der Waals surface area (Å²) < 4.78 is 5.39. The average molecular weight is 316 g/mol. The lowest BCUT2D eigenvalue weighted by Crippen LogP contribution is -2.38. The van der Waals surface area contributed by atoms with Gasteiger partial charge in [-0.15, -0.1) is 0 Å². The van der Waals surface area contributed by atoms with Crippen molar-refractivity contribution >= 4 is 27.7 Å². The number of esters is 1. The van der Waals surface area contributed by atoms with Crippen molar-refractivity contribution in [1.29, 1.82) is 0 Å². The van der Waals surface area contributed by atoms with Crippen LogP contribution in [0.5, 0.6) is 0 Å². The van der Waals surface area contributed by atoms with Crippen LogP contribution in [0.2, 0.25) is 0 Å². The van der Waals surface area contributed by atoms with Gasteiger partial charge in [-0.25, -0.2) is 9.78 Å². The Bertz CT molecular complexity index is 503. The highest BCUT2D eigenvalue weighted by atomic mass is 79.9. The molecule has 0 spiro atoms. The van der Waals surface area contributed by atoms with E-state index in [1.165, 1.54) is 6.33 Å². The molecule has 6 nitrogen and oxygen atoms in total. The molecule has 0 aliphatic carbocycles. The molecule has 98 valence electrons. The van der Waals surface area contributed by atoms with E-state index in [0.717, 1.165) is 12.8 Å². The number of ether oxygens (including phenoxy) is 1. The zero-order valence-corrected chi connectivity index (χ0v) is 11.6. The smallest absolute Gasteiger partial charge is 0.328 e. The first-order valence-corrected chi connectivity index (χ1v) is 6.61. The highest BCUT2D eigenvalue weighted by Crippen LogP contribution is 2.28. The van der Waals surface area contributed by atoms with E-state index in [-0.39, 0.29) is 17.6 Å². The van der Waals surface area contributed by atoms with Crippen LogP contribution in [0.1, 0.15) is 19.8 Å². The molecule has 0 bridgehead atoms. The van der Waals surface area contributed by atoms with Gasteiger partial charge in [0.25, 0.3) is 5.56 Å². The zero-order chi connectivity index (χ0) is 13.1. The molecule has 1 aliphatic rings. The van der Waals surface area contributed by atoms with Crippen LogP contribution in [0, 0.1) is 0 Å². The van der Waals surface area contributed by atoms with Crippen LogP contribution in [0.4, 0.5) is 5.82 Å². The van der Waals surface area contributed by atoms with Crippen molar-refractivity contribution in [2.24, 2.45) is 0 Å². The van der Waals surface area contributed by atoms with Gasteiger partial charge < -0.3 is 14.6 Å². The van der Waals surface area contributed by atoms with Crippen molar-refractivity contribution in [3.8, 4) is 0 Å². The normalized spacial score (nSPS) is 19.0. The van der Waals surface area contributed by atoms with Gasteiger partial charge in [-0.2, -0.15) is 0 Å². The van der Waals surface area contributed by atoms with Gasteiger partial charge in [-0.3, -0.25) is 4.79 Å². The summed E-state index contributed by atoms with van der Waals surface area (Å²) in [7, 11) is 0. The lowest BCUT2D eigenvalue weighted by atomic mass is 10.2. The van der Waals surface area contributed by atoms with Gasteiger partial charge >= 0.3 is 5.97 Å². The summed E-state index contributed by atoms with van der Waals surface area (Å²) in [5, 5.41) is 0. The van der Waals surface area contributed by atoms with Crippen LogP contribution in [0.15, 0.2) is 15.6 Å². The summed E-state index contributed by atoms with van der Waals surface area (Å²) >= 11 is 3.21. The third-order valence-electron chi connectivity index (χ3n) is 2.86. The number of carbonyl (C=O) groups excluding carboxylic acids is 1. The monoisotopic (exact) mass is 315 g/mol. The van der Waals surface area contributed by atoms with Gasteiger partial charge in [0.05, 0.1) is 12.9 Å². The number of H-pyrrole nitrogens is 1. The Labute approximate surface area is 112 Å². The molecule has 0 amide bonds. The van der Waals surface area contributed by atoms with Gasteiger partial charge in [-0.1, -0.05) is 0 Å². The molecule has 1 aliphatic heterocycles. The van der Waals surface area contributed by atoms with Gasteiger partial charge in [-0.05, 0) is 35.7 Å². The van der Waals surface area contributed by atoms with Gasteiger partial charge in [0.2, 0.25) is 0 Å². The molecular weight excluding hydrogens is 302 g/mol. The quantitative estimate of drug-likeness (QED) is 0.844. The number of rotatable bonds is 3. The van der Waals surface area contributed by atoms with Crippen LogP contribution >= 0.6 is 15.9 Å². The number of hydrogen-bond acceptors (Lipinski definition) is 5. The third kappa shape index (κ3) is 2.40. The number of anilines is 1. The molecule has 7 heteroatoms. The SMILES string of the molecule is CCOC(=O)C1CCCN1c1nc[nH]c(=O)c1Br. The number of carbonyl (C=O) groups is 1. The Morgan fingerprint density at radius 2 is 2.50 bits per heavy atom. The van der Waals surface area contributed by atoms with Crippen molar-refractivity contribution in [2.75, 3.05) is 18.1 Å². The number of aromatic amines is 1. The topological polar surface area (TPSA) is 75.3 Å². The molecule has 2 rings (SSSR count). The molecule has 1 saturated heterocycles. The first-order chi connectivity index (χ1) is 8.65. The largest absolute Gasteiger partial charge is 0.464 e. The maximum Gasteiger partial charge on any atom is 0.328 e. The highest BCUT2D eigenvalue weighted by molar-refractivity contribution is 9.10. The standard InChI is InChI=1S/C11H14BrN3O3/c1-2-18-11(17)7-4-3-5-15(7)9-8(12)10(16)14-6-13-9/h6-7H,2-5H2,1H3,(H,13,14,16). The van der Waals surface area contributed by atoms with Crippen molar-refractivity contribution in [2.45, 2.75) is 25.8 Å². The molecule has 1 fully saturated rings. The minimum atomic E-state index is -0.351. The molecular formula is C11H14BrN3O3. The molecule has 2 heterocycles. The highest BCUT2D eigenvalue weighted by Gasteiger charge is 2.34. The number of nitrogens with zero attached hydrogens (tertiary/aromatic N) is 2. The minimum absolute atomic E-state index is 0.255. The van der Waals surface area contributed by atoms with Crippen molar-refractivity contribution in [1.82, 2.24) is 9.97 Å². The van der Waals surface area contributed by atoms with E-state index in [2.05, 4.69) is 25.9 Å². The maximum atomic E-state index is 11.8. The number of aromatic nitrogens is 2. The van der Waals surface area contributed by atoms with E-state index in [1.54, 1.807) is 6.92 Å². The number of halogens is 1. The Kier molecular flexibility index (Phi) is 4.00. The summed E-state index contributed by atoms with van der Waals surface area (Å²) in [5.74, 6) is 0.235. The molecule has 1 aromatic heterocycles. The summed E-state index contributed by atoms with van der Waals surface area (Å²) in [6, 6.07) is -0.351. The maximum absolute atomic E-state index is 11.8. The summed E-state index contributed by atoms with van der Waals surface area (Å²) in [6.45, 7) is 2.82. The molecule has 18 heavy (non-hydrogen) atoms. The van der Waals surface area contributed by atoms with Crippen molar-refractivity contribution in [3.05, 3.63) is 21.2 Å². The fourth-order valence-corrected chi connectivity index (χ4v) is 2.52. The summed E-state index contributed by atoms with van der Waals surface area (Å²) in [5.41, 5.74) is -0.255. The lowest BCUT2D eigenvalue weighted by Gasteiger charge is -2.24. The Balaban J connectivity index is 2.29. The fourth-order valence-electron chi connectivity index (χ4n) is 2.08. The molecule has 1 aromatic rings. The van der Waals surface area contributed by atoms with Crippen LogP contribution in [-0.2, 0) is 9.53 Å². The zero-order valence-electron chi connectivity index (χ0n) is 9.98. The van der Waals surface area contributed by atoms with E-state index < -0.39 is 0 Å². The predicted molar refractivity (Wildman–Crippen MR) is 69.6 cm³/mol.